The van der Waals surface area contributed by atoms with Crippen LogP contribution in [0.4, 0.5) is 0 Å². The van der Waals surface area contributed by atoms with E-state index in [1.807, 2.05) is 5.43 Å². The number of ketones is 2. The van der Waals surface area contributed by atoms with Crippen molar-refractivity contribution in [1.29, 1.82) is 0 Å². The number of benzene rings is 1. The number of aliphatic carboxylic acids is 1. The van der Waals surface area contributed by atoms with Gasteiger partial charge in [0.15, 0.2) is 0 Å². The van der Waals surface area contributed by atoms with Gasteiger partial charge in [-0.3, -0.25) is 63.9 Å². The number of carbonyl (C=O) groups excluding carboxylic acids is 10. The summed E-state index contributed by atoms with van der Waals surface area (Å²) >= 11 is 0. The molecule has 1 fully saturated rings. The highest BCUT2D eigenvalue weighted by Gasteiger charge is 2.38. The molecule has 0 bridgehead atoms. The van der Waals surface area contributed by atoms with Crippen LogP contribution < -0.4 is 60.0 Å². The first-order valence-corrected chi connectivity index (χ1v) is 20.5. The summed E-state index contributed by atoms with van der Waals surface area (Å²) in [6, 6.07) is -5.13. The molecule has 360 valence electrons. The summed E-state index contributed by atoms with van der Waals surface area (Å²) in [6.45, 7) is -1.10. The highest BCUT2D eigenvalue weighted by Crippen LogP contribution is 2.10. The zero-order valence-corrected chi connectivity index (χ0v) is 35.6. The maximum atomic E-state index is 13.9. The smallest absolute Gasteiger partial charge is 0.303 e. The van der Waals surface area contributed by atoms with Crippen molar-refractivity contribution in [3.8, 4) is 0 Å². The van der Waals surface area contributed by atoms with Crippen LogP contribution in [0.15, 0.2) is 30.3 Å². The molecule has 0 aromatic heterocycles. The van der Waals surface area contributed by atoms with E-state index in [-0.39, 0.29) is 32.2 Å². The number of carboxylic acid groups (broad SMARTS) is 1. The molecule has 18 N–H and O–H groups in total. The van der Waals surface area contributed by atoms with E-state index >= 15 is 0 Å². The van der Waals surface area contributed by atoms with Crippen molar-refractivity contribution in [2.24, 2.45) is 17.3 Å². The van der Waals surface area contributed by atoms with E-state index in [0.29, 0.717) is 5.56 Å². The predicted octanol–water partition coefficient (Wildman–Crippen LogP) is -7.38. The van der Waals surface area contributed by atoms with E-state index in [1.54, 1.807) is 30.3 Å². The number of rotatable bonds is 19. The third kappa shape index (κ3) is 18.7. The van der Waals surface area contributed by atoms with Crippen molar-refractivity contribution in [3.63, 3.8) is 0 Å². The van der Waals surface area contributed by atoms with Gasteiger partial charge in [0.05, 0.1) is 37.8 Å². The van der Waals surface area contributed by atoms with Crippen LogP contribution in [-0.2, 0) is 59.2 Å². The lowest BCUT2D eigenvalue weighted by atomic mass is 9.98. The third-order valence-electron chi connectivity index (χ3n) is 10.0. The molecule has 9 atom stereocenters. The second-order valence-electron chi connectivity index (χ2n) is 15.1. The Hall–Kier alpha value is -6.45. The zero-order valence-electron chi connectivity index (χ0n) is 35.6. The van der Waals surface area contributed by atoms with Crippen molar-refractivity contribution < 1.29 is 73.2 Å². The number of aliphatic hydroxyl groups is 3. The molecule has 0 saturated carbocycles. The molecule has 8 amide bonds. The first kappa shape index (κ1) is 54.7. The predicted molar refractivity (Wildman–Crippen MR) is 223 cm³/mol. The average Bonchev–Trinajstić information content (AvgIpc) is 3.25. The number of Topliss-reactive ketones (excluding diaryl/α,β-unsaturated/α-hetero) is 2. The summed E-state index contributed by atoms with van der Waals surface area (Å²) in [5, 5.41) is 56.3. The average molecular weight is 922 g/mol. The molecular formula is C39H59N11O15. The monoisotopic (exact) mass is 921 g/mol. The van der Waals surface area contributed by atoms with Crippen molar-refractivity contribution in [3.05, 3.63) is 35.9 Å². The van der Waals surface area contributed by atoms with E-state index < -0.39 is 165 Å². The molecule has 65 heavy (non-hydrogen) atoms. The summed E-state index contributed by atoms with van der Waals surface area (Å²) in [7, 11) is 0. The van der Waals surface area contributed by atoms with Crippen LogP contribution in [0, 0.1) is 0 Å². The van der Waals surface area contributed by atoms with Crippen molar-refractivity contribution in [1.82, 2.24) is 42.6 Å². The molecule has 1 saturated heterocycles. The number of nitrogens with one attached hydrogen (secondary N) is 8. The van der Waals surface area contributed by atoms with Crippen molar-refractivity contribution >= 4 is 64.8 Å². The van der Waals surface area contributed by atoms with Gasteiger partial charge in [-0.05, 0) is 44.6 Å². The molecule has 1 aromatic carbocycles. The standard InChI is InChI=1S/C39H59N11O15/c1-19(53)31(50-42)39(65)47-24(16-28(40)54)32(58)33(59)26(17-51)44-22-10-12-29(55)43-14-6-5-9-21(34(41)60)45-37(63)25(15-20-7-3-2-4-8-20)48-38(64)27(18-52)49-36(62)23(46-35(22)61)11-13-30(56)57/h2-4,7-8,19,21-27,31,44,50-53H,5-6,9-18,42H2,1H3,(H2,40,54)(H2,41,60)(H,43,55)(H,45,63)(H,46,61)(H,47,65)(H,48,64)(H,49,62)(H,56,57)/t19-,21?,22?,23?,24?,25?,26+,27+,31+/m1/s1. The molecule has 26 heteroatoms. The Labute approximate surface area is 372 Å². The maximum Gasteiger partial charge on any atom is 0.303 e. The molecule has 1 aromatic rings. The van der Waals surface area contributed by atoms with E-state index in [4.69, 9.17) is 17.3 Å². The number of hydrazine groups is 1. The largest absolute Gasteiger partial charge is 0.481 e. The van der Waals surface area contributed by atoms with E-state index in [1.165, 1.54) is 6.92 Å². The first-order chi connectivity index (χ1) is 30.7. The van der Waals surface area contributed by atoms with Crippen LogP contribution >= 0.6 is 0 Å². The summed E-state index contributed by atoms with van der Waals surface area (Å²) < 4.78 is 0. The van der Waals surface area contributed by atoms with E-state index in [2.05, 4.69) is 37.2 Å². The van der Waals surface area contributed by atoms with Gasteiger partial charge >= 0.3 is 5.97 Å². The Bertz CT molecular complexity index is 1870. The topological polar surface area (TPSA) is 443 Å². The van der Waals surface area contributed by atoms with E-state index in [9.17, 15) is 73.2 Å². The van der Waals surface area contributed by atoms with Gasteiger partial charge < -0.3 is 63.8 Å². The number of primary amides is 2. The molecule has 1 aliphatic heterocycles. The van der Waals surface area contributed by atoms with Gasteiger partial charge in [-0.15, -0.1) is 0 Å². The van der Waals surface area contributed by atoms with Crippen LogP contribution in [0.1, 0.15) is 63.9 Å². The fourth-order valence-corrected chi connectivity index (χ4v) is 6.42. The lowest BCUT2D eigenvalue weighted by Gasteiger charge is -2.28. The minimum absolute atomic E-state index is 0.00644. The molecule has 0 aliphatic carbocycles. The highest BCUT2D eigenvalue weighted by molar-refractivity contribution is 6.41. The summed E-state index contributed by atoms with van der Waals surface area (Å²) in [5.74, 6) is -7.35. The van der Waals surface area contributed by atoms with Gasteiger partial charge in [-0.2, -0.15) is 0 Å². The fourth-order valence-electron chi connectivity index (χ4n) is 6.42. The Morgan fingerprint density at radius 3 is 1.97 bits per heavy atom. The summed E-state index contributed by atoms with van der Waals surface area (Å²) in [6.07, 6.45) is -4.38. The van der Waals surface area contributed by atoms with Crippen LogP contribution in [0.5, 0.6) is 0 Å². The van der Waals surface area contributed by atoms with Gasteiger partial charge in [0, 0.05) is 25.8 Å². The van der Waals surface area contributed by atoms with Crippen LogP contribution in [-0.4, -0.2) is 159 Å². The normalized spacial score (nSPS) is 22.7. The number of aliphatic hydroxyl groups excluding tert-OH is 3. The number of hydrogen-bond acceptors (Lipinski definition) is 17. The minimum atomic E-state index is -1.99. The SMILES string of the molecule is C[C@@H](O)[C@H](NN)C(=O)NC(CC(N)=O)C(=O)C(=O)[C@H](CO)NC1CCC(=O)NCCCCC(C(N)=O)NC(=O)C(Cc2ccccc2)NC(=O)[C@H](CO)NC(=O)C(CCC(=O)O)NC1=O. The van der Waals surface area contributed by atoms with Crippen molar-refractivity contribution in [2.45, 2.75) is 119 Å². The van der Waals surface area contributed by atoms with Crippen molar-refractivity contribution in [2.75, 3.05) is 19.8 Å². The number of nitrogens with two attached hydrogens (primary N) is 3. The Morgan fingerprint density at radius 1 is 0.800 bits per heavy atom. The summed E-state index contributed by atoms with van der Waals surface area (Å²) in [5.41, 5.74) is 13.4. The molecule has 26 nitrogen and oxygen atoms in total. The number of hydrogen-bond donors (Lipinski definition) is 15. The molecule has 2 rings (SSSR count). The molecule has 0 radical (unpaired) electrons. The Kier molecular flexibility index (Phi) is 23.3. The maximum absolute atomic E-state index is 13.9. The van der Waals surface area contributed by atoms with Crippen LogP contribution in [0.25, 0.3) is 0 Å². The number of carboxylic acids is 1. The molecule has 5 unspecified atom stereocenters. The molecule has 1 heterocycles. The zero-order chi connectivity index (χ0) is 48.8. The molecular weight excluding hydrogens is 862 g/mol. The van der Waals surface area contributed by atoms with E-state index in [0.717, 1.165) is 0 Å². The third-order valence-corrected chi connectivity index (χ3v) is 10.0. The van der Waals surface area contributed by atoms with Gasteiger partial charge in [0.25, 0.3) is 0 Å². The second-order valence-corrected chi connectivity index (χ2v) is 15.1. The number of carbonyl (C=O) groups is 11. The fraction of sp³-hybridized carbons (Fsp3) is 0.564. The Balaban J connectivity index is 2.54. The lowest BCUT2D eigenvalue weighted by molar-refractivity contribution is -0.142. The first-order valence-electron chi connectivity index (χ1n) is 20.5. The van der Waals surface area contributed by atoms with Gasteiger partial charge in [0.2, 0.25) is 58.8 Å². The van der Waals surface area contributed by atoms with Gasteiger partial charge in [-0.1, -0.05) is 30.3 Å². The quantitative estimate of drug-likeness (QED) is 0.0348. The number of amides is 8. The highest BCUT2D eigenvalue weighted by atomic mass is 16.4. The Morgan fingerprint density at radius 2 is 1.40 bits per heavy atom. The van der Waals surface area contributed by atoms with Crippen LogP contribution in [0.2, 0.25) is 0 Å². The second kappa shape index (κ2) is 27.7. The summed E-state index contributed by atoms with van der Waals surface area (Å²) in [4.78, 5) is 143. The molecule has 0 spiro atoms. The minimum Gasteiger partial charge on any atom is -0.481 e. The molecule has 1 aliphatic rings. The lowest BCUT2D eigenvalue weighted by Crippen LogP contribution is -2.61. The van der Waals surface area contributed by atoms with Gasteiger partial charge in [0.1, 0.15) is 36.3 Å². The van der Waals surface area contributed by atoms with Crippen LogP contribution in [0.3, 0.4) is 0 Å². The van der Waals surface area contributed by atoms with Gasteiger partial charge in [-0.25, -0.2) is 5.43 Å².